The number of aliphatic carboxylic acids is 1. The highest BCUT2D eigenvalue weighted by Gasteiger charge is 2.10. The van der Waals surface area contributed by atoms with E-state index in [1.54, 1.807) is 14.2 Å². The molecule has 98 valence electrons. The highest BCUT2D eigenvalue weighted by Crippen LogP contribution is 2.14. The van der Waals surface area contributed by atoms with Crippen molar-refractivity contribution in [3.05, 3.63) is 0 Å². The van der Waals surface area contributed by atoms with Gasteiger partial charge in [-0.3, -0.25) is 4.79 Å². The van der Waals surface area contributed by atoms with E-state index in [0.717, 1.165) is 26.2 Å². The molecule has 0 aliphatic carbocycles. The van der Waals surface area contributed by atoms with Crippen LogP contribution in [-0.2, 0) is 14.3 Å². The van der Waals surface area contributed by atoms with Gasteiger partial charge in [-0.1, -0.05) is 6.92 Å². The van der Waals surface area contributed by atoms with Crippen LogP contribution in [0.3, 0.4) is 0 Å². The molecule has 0 unspecified atom stereocenters. The van der Waals surface area contributed by atoms with E-state index in [0.29, 0.717) is 5.92 Å². The zero-order valence-corrected chi connectivity index (χ0v) is 10.6. The summed E-state index contributed by atoms with van der Waals surface area (Å²) in [5, 5.41) is 16.0. The number of hydrogen-bond donors (Lipinski definition) is 2. The molecule has 5 heteroatoms. The van der Waals surface area contributed by atoms with Crippen LogP contribution in [-0.4, -0.2) is 43.3 Å². The predicted molar refractivity (Wildman–Crippen MR) is 61.2 cm³/mol. The fraction of sp³-hybridized carbons (Fsp3) is 0.909. The minimum absolute atomic E-state index is 0.0984. The van der Waals surface area contributed by atoms with Crippen molar-refractivity contribution in [3.63, 3.8) is 0 Å². The highest BCUT2D eigenvalue weighted by atomic mass is 16.7. The normalized spacial score (nSPS) is 11.9. The molecule has 0 saturated heterocycles. The van der Waals surface area contributed by atoms with Gasteiger partial charge in [-0.15, -0.1) is 0 Å². The van der Waals surface area contributed by atoms with Crippen molar-refractivity contribution in [2.75, 3.05) is 20.8 Å². The van der Waals surface area contributed by atoms with Gasteiger partial charge in [-0.2, -0.15) is 0 Å². The Kier molecular flexibility index (Phi) is 13.8. The molecular formula is C11H24O5. The van der Waals surface area contributed by atoms with Crippen LogP contribution in [0.15, 0.2) is 0 Å². The Balaban J connectivity index is 0. The summed E-state index contributed by atoms with van der Waals surface area (Å²) in [6.07, 6.45) is 2.69. The van der Waals surface area contributed by atoms with E-state index in [4.69, 9.17) is 24.5 Å². The number of carboxylic acids is 1. The lowest BCUT2D eigenvalue weighted by Gasteiger charge is -2.17. The molecule has 2 N–H and O–H groups in total. The fourth-order valence-electron chi connectivity index (χ4n) is 1.17. The number of ether oxygens (including phenoxy) is 2. The Labute approximate surface area is 97.4 Å². The van der Waals surface area contributed by atoms with Crippen molar-refractivity contribution in [1.29, 1.82) is 0 Å². The average Bonchev–Trinajstić information content (AvgIpc) is 2.22. The molecule has 1 atom stereocenters. The minimum atomic E-state index is -0.833. The lowest BCUT2D eigenvalue weighted by Crippen LogP contribution is -2.16. The summed E-state index contributed by atoms with van der Waals surface area (Å²) in [5.41, 5.74) is 0. The van der Waals surface area contributed by atoms with Gasteiger partial charge >= 0.3 is 0 Å². The predicted octanol–water partition coefficient (Wildman–Crippen LogP) is 1.49. The Hall–Kier alpha value is -0.650. The molecule has 0 radical (unpaired) electrons. The van der Waals surface area contributed by atoms with Crippen LogP contribution < -0.4 is 0 Å². The molecule has 0 saturated carbocycles. The quantitative estimate of drug-likeness (QED) is 0.655. The minimum Gasteiger partial charge on any atom is -0.481 e. The fourth-order valence-corrected chi connectivity index (χ4v) is 1.17. The van der Waals surface area contributed by atoms with E-state index < -0.39 is 5.97 Å². The first-order chi connectivity index (χ1) is 7.47. The SMILES string of the molecule is CC(=O)O.COC(C[C@@H](C)CCCO)OC. The van der Waals surface area contributed by atoms with Crippen molar-refractivity contribution in [1.82, 2.24) is 0 Å². The Morgan fingerprint density at radius 2 is 1.75 bits per heavy atom. The summed E-state index contributed by atoms with van der Waals surface area (Å²) in [4.78, 5) is 9.00. The van der Waals surface area contributed by atoms with Crippen molar-refractivity contribution in [2.24, 2.45) is 5.92 Å². The molecule has 0 rings (SSSR count). The molecule has 0 aromatic heterocycles. The van der Waals surface area contributed by atoms with Crippen LogP contribution in [0.5, 0.6) is 0 Å². The highest BCUT2D eigenvalue weighted by molar-refractivity contribution is 5.62. The molecule has 0 fully saturated rings. The van der Waals surface area contributed by atoms with E-state index >= 15 is 0 Å². The van der Waals surface area contributed by atoms with Gasteiger partial charge in [0.15, 0.2) is 6.29 Å². The zero-order valence-electron chi connectivity index (χ0n) is 10.6. The molecule has 0 aromatic carbocycles. The van der Waals surface area contributed by atoms with Crippen LogP contribution in [0.2, 0.25) is 0 Å². The summed E-state index contributed by atoms with van der Waals surface area (Å²) in [5.74, 6) is -0.290. The van der Waals surface area contributed by atoms with E-state index in [9.17, 15) is 0 Å². The number of rotatable bonds is 7. The Bertz CT molecular complexity index is 152. The second-order valence-electron chi connectivity index (χ2n) is 3.63. The van der Waals surface area contributed by atoms with Crippen molar-refractivity contribution < 1.29 is 24.5 Å². The summed E-state index contributed by atoms with van der Waals surface area (Å²) >= 11 is 0. The summed E-state index contributed by atoms with van der Waals surface area (Å²) < 4.78 is 10.1. The van der Waals surface area contributed by atoms with Crippen LogP contribution in [0.4, 0.5) is 0 Å². The smallest absolute Gasteiger partial charge is 0.300 e. The van der Waals surface area contributed by atoms with Gasteiger partial charge in [0.2, 0.25) is 0 Å². The summed E-state index contributed by atoms with van der Waals surface area (Å²) in [6, 6.07) is 0. The molecule has 0 amide bonds. The molecule has 0 spiro atoms. The van der Waals surface area contributed by atoms with Crippen LogP contribution in [0.1, 0.15) is 33.1 Å². The van der Waals surface area contributed by atoms with E-state index in [1.807, 2.05) is 0 Å². The lowest BCUT2D eigenvalue weighted by atomic mass is 10.0. The van der Waals surface area contributed by atoms with E-state index in [2.05, 4.69) is 6.92 Å². The number of aliphatic hydroxyl groups is 1. The van der Waals surface area contributed by atoms with Crippen LogP contribution in [0.25, 0.3) is 0 Å². The van der Waals surface area contributed by atoms with Gasteiger partial charge in [-0.05, 0) is 18.8 Å². The third kappa shape index (κ3) is 15.8. The molecule has 16 heavy (non-hydrogen) atoms. The average molecular weight is 236 g/mol. The second-order valence-corrected chi connectivity index (χ2v) is 3.63. The van der Waals surface area contributed by atoms with Crippen molar-refractivity contribution in [2.45, 2.75) is 39.4 Å². The largest absolute Gasteiger partial charge is 0.481 e. The second kappa shape index (κ2) is 12.4. The maximum absolute atomic E-state index is 9.00. The van der Waals surface area contributed by atoms with Gasteiger partial charge in [-0.25, -0.2) is 0 Å². The third-order valence-corrected chi connectivity index (χ3v) is 1.98. The number of hydrogen-bond acceptors (Lipinski definition) is 4. The monoisotopic (exact) mass is 236 g/mol. The molecule has 0 bridgehead atoms. The van der Waals surface area contributed by atoms with Crippen LogP contribution in [0, 0.1) is 5.92 Å². The van der Waals surface area contributed by atoms with E-state index in [1.165, 1.54) is 0 Å². The maximum Gasteiger partial charge on any atom is 0.300 e. The topological polar surface area (TPSA) is 76.0 Å². The number of carbonyl (C=O) groups is 1. The Morgan fingerprint density at radius 1 is 1.31 bits per heavy atom. The van der Waals surface area contributed by atoms with E-state index in [-0.39, 0.29) is 12.9 Å². The van der Waals surface area contributed by atoms with Crippen LogP contribution >= 0.6 is 0 Å². The van der Waals surface area contributed by atoms with Gasteiger partial charge in [0.1, 0.15) is 0 Å². The van der Waals surface area contributed by atoms with Crippen molar-refractivity contribution >= 4 is 5.97 Å². The molecule has 5 nitrogen and oxygen atoms in total. The third-order valence-electron chi connectivity index (χ3n) is 1.98. The van der Waals surface area contributed by atoms with Gasteiger partial charge in [0.05, 0.1) is 0 Å². The van der Waals surface area contributed by atoms with Gasteiger partial charge in [0, 0.05) is 34.2 Å². The first-order valence-electron chi connectivity index (χ1n) is 5.33. The molecule has 0 aliphatic heterocycles. The summed E-state index contributed by atoms with van der Waals surface area (Å²) in [6.45, 7) is 3.50. The number of aliphatic hydroxyl groups excluding tert-OH is 1. The standard InChI is InChI=1S/C9H20O3.C2H4O2/c1-8(5-4-6-10)7-9(11-2)12-3;1-2(3)4/h8-10H,4-7H2,1-3H3;1H3,(H,3,4)/t8-;/m0./s1. The number of carboxylic acid groups (broad SMARTS) is 1. The lowest BCUT2D eigenvalue weighted by molar-refractivity contribution is -0.134. The Morgan fingerprint density at radius 3 is 2.06 bits per heavy atom. The van der Waals surface area contributed by atoms with Crippen molar-refractivity contribution in [3.8, 4) is 0 Å². The summed E-state index contributed by atoms with van der Waals surface area (Å²) in [7, 11) is 3.29. The first-order valence-corrected chi connectivity index (χ1v) is 5.33. The maximum atomic E-state index is 9.00. The molecule has 0 aromatic rings. The molecular weight excluding hydrogens is 212 g/mol. The molecule has 0 heterocycles. The zero-order chi connectivity index (χ0) is 13.0. The number of methoxy groups -OCH3 is 2. The first kappa shape index (κ1) is 17.7. The molecule has 0 aliphatic rings. The van der Waals surface area contributed by atoms with Gasteiger partial charge < -0.3 is 19.7 Å². The van der Waals surface area contributed by atoms with Gasteiger partial charge in [0.25, 0.3) is 5.97 Å².